The van der Waals surface area contributed by atoms with Gasteiger partial charge < -0.3 is 14.6 Å². The molecule has 0 atom stereocenters. The van der Waals surface area contributed by atoms with Crippen LogP contribution in [0.5, 0.6) is 11.5 Å². The largest absolute Gasteiger partial charge is 0.493 e. The number of methoxy groups -OCH3 is 1. The Hall–Kier alpha value is -3.33. The number of aliphatic carboxylic acids is 1. The van der Waals surface area contributed by atoms with E-state index in [-0.39, 0.29) is 6.61 Å². The van der Waals surface area contributed by atoms with E-state index in [1.807, 2.05) is 0 Å². The topological polar surface area (TPSA) is 68.7 Å². The van der Waals surface area contributed by atoms with Crippen molar-refractivity contribution in [2.24, 2.45) is 0 Å². The summed E-state index contributed by atoms with van der Waals surface area (Å²) < 4.78 is 50.1. The first kappa shape index (κ1) is 22.4. The number of aromatic nitrogens is 1. The van der Waals surface area contributed by atoms with Crippen LogP contribution >= 0.6 is 11.3 Å². The second-order valence-corrected chi connectivity index (χ2v) is 7.56. The molecule has 162 valence electrons. The predicted octanol–water partition coefficient (Wildman–Crippen LogP) is 5.82. The molecule has 3 rings (SSSR count). The van der Waals surface area contributed by atoms with Crippen LogP contribution in [-0.4, -0.2) is 23.2 Å². The number of aryl methyl sites for hydroxylation is 1. The number of thiazole rings is 1. The number of nitrogens with zero attached hydrogens (tertiary/aromatic N) is 1. The number of carboxylic acids is 1. The summed E-state index contributed by atoms with van der Waals surface area (Å²) in [5, 5.41) is 9.20. The Kier molecular flexibility index (Phi) is 6.65. The lowest BCUT2D eigenvalue weighted by Gasteiger charge is -2.11. The highest BCUT2D eigenvalue weighted by atomic mass is 32.1. The van der Waals surface area contributed by atoms with Gasteiger partial charge in [0.25, 0.3) is 0 Å². The second kappa shape index (κ2) is 9.22. The van der Waals surface area contributed by atoms with Gasteiger partial charge in [0.05, 0.1) is 23.2 Å². The second-order valence-electron chi connectivity index (χ2n) is 6.48. The highest BCUT2D eigenvalue weighted by Crippen LogP contribution is 2.35. The van der Waals surface area contributed by atoms with Crippen LogP contribution in [-0.2, 0) is 17.6 Å². The van der Waals surface area contributed by atoms with Crippen molar-refractivity contribution < 1.29 is 32.5 Å². The fourth-order valence-corrected chi connectivity index (χ4v) is 3.70. The normalized spacial score (nSPS) is 11.6. The Morgan fingerprint density at radius 2 is 1.97 bits per heavy atom. The van der Waals surface area contributed by atoms with Gasteiger partial charge in [0, 0.05) is 11.6 Å². The lowest BCUT2D eigenvalue weighted by Crippen LogP contribution is -2.04. The number of benzene rings is 2. The van der Waals surface area contributed by atoms with Crippen molar-refractivity contribution in [2.75, 3.05) is 7.11 Å². The van der Waals surface area contributed by atoms with E-state index in [0.29, 0.717) is 33.3 Å². The molecule has 0 saturated carbocycles. The van der Waals surface area contributed by atoms with E-state index in [9.17, 15) is 18.0 Å². The predicted molar refractivity (Wildman–Crippen MR) is 111 cm³/mol. The van der Waals surface area contributed by atoms with Gasteiger partial charge in [0.2, 0.25) is 0 Å². The maximum Gasteiger partial charge on any atom is 0.416 e. The maximum absolute atomic E-state index is 13.0. The Balaban J connectivity index is 1.78. The van der Waals surface area contributed by atoms with Crippen LogP contribution in [0.4, 0.5) is 13.2 Å². The molecular weight excluding hydrogens is 431 g/mol. The molecule has 0 radical (unpaired) electrons. The van der Waals surface area contributed by atoms with Crippen molar-refractivity contribution in [3.8, 4) is 22.1 Å². The fourth-order valence-electron chi connectivity index (χ4n) is 2.73. The third kappa shape index (κ3) is 5.64. The number of hydrogen-bond acceptors (Lipinski definition) is 5. The monoisotopic (exact) mass is 449 g/mol. The number of ether oxygens (including phenoxy) is 2. The van der Waals surface area contributed by atoms with Gasteiger partial charge in [-0.15, -0.1) is 11.3 Å². The molecule has 0 amide bonds. The zero-order chi connectivity index (χ0) is 22.6. The molecule has 0 spiro atoms. The first-order chi connectivity index (χ1) is 14.7. The summed E-state index contributed by atoms with van der Waals surface area (Å²) in [6.07, 6.45) is -1.97. The van der Waals surface area contributed by atoms with Gasteiger partial charge in [0.1, 0.15) is 11.6 Å². The zero-order valence-electron chi connectivity index (χ0n) is 16.6. The minimum absolute atomic E-state index is 0.156. The third-order valence-electron chi connectivity index (χ3n) is 4.29. The maximum atomic E-state index is 13.0. The summed E-state index contributed by atoms with van der Waals surface area (Å²) in [5.41, 5.74) is 0.962. The van der Waals surface area contributed by atoms with E-state index < -0.39 is 17.7 Å². The van der Waals surface area contributed by atoms with Gasteiger partial charge in [0.15, 0.2) is 11.5 Å². The van der Waals surface area contributed by atoms with E-state index in [1.165, 1.54) is 30.6 Å². The van der Waals surface area contributed by atoms with Crippen LogP contribution in [0.15, 0.2) is 48.5 Å². The summed E-state index contributed by atoms with van der Waals surface area (Å²) in [7, 11) is 1.47. The number of alkyl halides is 3. The molecule has 9 heteroatoms. The number of carboxylic acid groups (broad SMARTS) is 1. The number of carbonyl (C=O) groups is 1. The van der Waals surface area contributed by atoms with Crippen LogP contribution in [0.1, 0.15) is 21.7 Å². The van der Waals surface area contributed by atoms with E-state index in [0.717, 1.165) is 23.1 Å². The van der Waals surface area contributed by atoms with Crippen LogP contribution in [0, 0.1) is 6.92 Å². The Morgan fingerprint density at radius 1 is 1.19 bits per heavy atom. The van der Waals surface area contributed by atoms with Crippen LogP contribution in [0.25, 0.3) is 16.6 Å². The summed E-state index contributed by atoms with van der Waals surface area (Å²) in [4.78, 5) is 15.8. The van der Waals surface area contributed by atoms with Crippen molar-refractivity contribution in [1.29, 1.82) is 0 Å². The molecule has 31 heavy (non-hydrogen) atoms. The first-order valence-electron chi connectivity index (χ1n) is 9.03. The van der Waals surface area contributed by atoms with Gasteiger partial charge in [-0.1, -0.05) is 18.2 Å². The Morgan fingerprint density at radius 3 is 2.65 bits per heavy atom. The van der Waals surface area contributed by atoms with Crippen LogP contribution in [0.3, 0.4) is 0 Å². The van der Waals surface area contributed by atoms with Crippen molar-refractivity contribution in [3.05, 3.63) is 70.2 Å². The SMILES string of the molecule is COc1cc(C=CC(=O)O)ccc1OCc1sc(-c2cccc(C(F)(F)F)c2)nc1C. The summed E-state index contributed by atoms with van der Waals surface area (Å²) >= 11 is 1.26. The molecule has 1 heterocycles. The number of hydrogen-bond donors (Lipinski definition) is 1. The molecule has 3 aromatic rings. The molecule has 0 aliphatic heterocycles. The van der Waals surface area contributed by atoms with Gasteiger partial charge in [-0.25, -0.2) is 9.78 Å². The number of halogens is 3. The summed E-state index contributed by atoms with van der Waals surface area (Å²) in [6.45, 7) is 1.92. The average Bonchev–Trinajstić information content (AvgIpc) is 3.11. The summed E-state index contributed by atoms with van der Waals surface area (Å²) in [5.74, 6) is -0.187. The lowest BCUT2D eigenvalue weighted by atomic mass is 10.1. The molecule has 1 aromatic heterocycles. The molecule has 0 bridgehead atoms. The average molecular weight is 449 g/mol. The molecule has 0 aliphatic rings. The highest BCUT2D eigenvalue weighted by molar-refractivity contribution is 7.15. The first-order valence-corrected chi connectivity index (χ1v) is 9.85. The van der Waals surface area contributed by atoms with Gasteiger partial charge in [-0.2, -0.15) is 13.2 Å². The molecule has 0 saturated heterocycles. The van der Waals surface area contributed by atoms with Gasteiger partial charge in [-0.05, 0) is 42.8 Å². The van der Waals surface area contributed by atoms with Crippen molar-refractivity contribution in [3.63, 3.8) is 0 Å². The summed E-state index contributed by atoms with van der Waals surface area (Å²) in [6, 6.07) is 10.0. The molecular formula is C22H18F3NO4S. The van der Waals surface area contributed by atoms with E-state index in [1.54, 1.807) is 31.2 Å². The van der Waals surface area contributed by atoms with E-state index in [2.05, 4.69) is 4.98 Å². The highest BCUT2D eigenvalue weighted by Gasteiger charge is 2.30. The van der Waals surface area contributed by atoms with Gasteiger partial charge in [-0.3, -0.25) is 0 Å². The smallest absolute Gasteiger partial charge is 0.416 e. The molecule has 2 aromatic carbocycles. The van der Waals surface area contributed by atoms with Gasteiger partial charge >= 0.3 is 12.1 Å². The number of rotatable bonds is 7. The zero-order valence-corrected chi connectivity index (χ0v) is 17.4. The van der Waals surface area contributed by atoms with Crippen molar-refractivity contribution in [2.45, 2.75) is 19.7 Å². The minimum atomic E-state index is -4.42. The fraction of sp³-hybridized carbons (Fsp3) is 0.182. The third-order valence-corrected chi connectivity index (χ3v) is 5.47. The van der Waals surface area contributed by atoms with E-state index in [4.69, 9.17) is 14.6 Å². The van der Waals surface area contributed by atoms with E-state index >= 15 is 0 Å². The molecule has 1 N–H and O–H groups in total. The molecule has 0 unspecified atom stereocenters. The van der Waals surface area contributed by atoms with Crippen LogP contribution in [0.2, 0.25) is 0 Å². The van der Waals surface area contributed by atoms with Crippen molar-refractivity contribution in [1.82, 2.24) is 4.98 Å². The minimum Gasteiger partial charge on any atom is -0.493 e. The van der Waals surface area contributed by atoms with Crippen LogP contribution < -0.4 is 9.47 Å². The molecule has 0 aliphatic carbocycles. The molecule has 5 nitrogen and oxygen atoms in total. The Labute approximate surface area is 180 Å². The van der Waals surface area contributed by atoms with Crippen molar-refractivity contribution >= 4 is 23.4 Å². The Bertz CT molecular complexity index is 1120. The molecule has 0 fully saturated rings. The lowest BCUT2D eigenvalue weighted by molar-refractivity contribution is -0.137. The standard InChI is InChI=1S/C22H18F3NO4S/c1-13-19(31-21(26-13)15-4-3-5-16(11-15)22(23,24)25)12-30-17-8-6-14(7-9-20(27)28)10-18(17)29-2/h3-11H,12H2,1-2H3,(H,27,28). The quantitative estimate of drug-likeness (QED) is 0.460.